The lowest BCUT2D eigenvalue weighted by Crippen LogP contribution is -2.24. The van der Waals surface area contributed by atoms with Gasteiger partial charge in [0.05, 0.1) is 0 Å². The normalized spacial score (nSPS) is 11.4. The predicted molar refractivity (Wildman–Crippen MR) is 84.6 cm³/mol. The van der Waals surface area contributed by atoms with E-state index in [1.807, 2.05) is 0 Å². The summed E-state index contributed by atoms with van der Waals surface area (Å²) in [5, 5.41) is 3.50. The van der Waals surface area contributed by atoms with Crippen molar-refractivity contribution in [3.8, 4) is 0 Å². The number of hydrogen-bond acceptors (Lipinski definition) is 2. The smallest absolute Gasteiger partial charge is 0.00188 e. The summed E-state index contributed by atoms with van der Waals surface area (Å²) in [5.41, 5.74) is 1.44. The van der Waals surface area contributed by atoms with Crippen molar-refractivity contribution in [1.29, 1.82) is 0 Å². The number of unbranched alkanes of at least 4 members (excludes halogenated alkanes) is 1. The molecule has 1 rings (SSSR count). The Morgan fingerprint density at radius 2 is 1.79 bits per heavy atom. The number of nitrogens with one attached hydrogen (secondary N) is 1. The third kappa shape index (κ3) is 8.79. The molecule has 0 unspecified atom stereocenters. The standard InChI is InChI=1S/C17H30N2/c1-16(2)15-18-12-7-8-13-19(3)14-11-17-9-5-4-6-10-17/h4-6,9-10,16,18H,7-8,11-15H2,1-3H3. The topological polar surface area (TPSA) is 15.3 Å². The first-order valence-electron chi connectivity index (χ1n) is 7.61. The lowest BCUT2D eigenvalue weighted by Gasteiger charge is -2.16. The summed E-state index contributed by atoms with van der Waals surface area (Å²) in [6.07, 6.45) is 3.72. The Morgan fingerprint density at radius 3 is 2.47 bits per heavy atom. The molecule has 0 spiro atoms. The van der Waals surface area contributed by atoms with E-state index >= 15 is 0 Å². The molecule has 0 radical (unpaired) electrons. The molecule has 1 aromatic carbocycles. The molecule has 0 amide bonds. The van der Waals surface area contributed by atoms with Gasteiger partial charge in [-0.3, -0.25) is 0 Å². The van der Waals surface area contributed by atoms with Crippen LogP contribution in [-0.4, -0.2) is 38.1 Å². The second-order valence-electron chi connectivity index (χ2n) is 5.84. The van der Waals surface area contributed by atoms with Gasteiger partial charge in [-0.25, -0.2) is 0 Å². The molecule has 0 aliphatic rings. The van der Waals surface area contributed by atoms with Gasteiger partial charge in [-0.1, -0.05) is 44.2 Å². The minimum atomic E-state index is 0.758. The summed E-state index contributed by atoms with van der Waals surface area (Å²) in [7, 11) is 2.23. The third-order valence-corrected chi connectivity index (χ3v) is 3.32. The zero-order valence-electron chi connectivity index (χ0n) is 12.9. The van der Waals surface area contributed by atoms with Gasteiger partial charge in [0.2, 0.25) is 0 Å². The van der Waals surface area contributed by atoms with Crippen molar-refractivity contribution in [3.63, 3.8) is 0 Å². The molecule has 1 N–H and O–H groups in total. The highest BCUT2D eigenvalue weighted by Crippen LogP contribution is 2.01. The van der Waals surface area contributed by atoms with Gasteiger partial charge < -0.3 is 10.2 Å². The Labute approximate surface area is 119 Å². The molecule has 0 bridgehead atoms. The van der Waals surface area contributed by atoms with Crippen LogP contribution in [0.3, 0.4) is 0 Å². The van der Waals surface area contributed by atoms with Crippen molar-refractivity contribution in [2.24, 2.45) is 5.92 Å². The fourth-order valence-corrected chi connectivity index (χ4v) is 2.10. The van der Waals surface area contributed by atoms with Crippen molar-refractivity contribution >= 4 is 0 Å². The Bertz CT molecular complexity index is 308. The van der Waals surface area contributed by atoms with E-state index in [9.17, 15) is 0 Å². The fourth-order valence-electron chi connectivity index (χ4n) is 2.10. The van der Waals surface area contributed by atoms with E-state index in [1.165, 1.54) is 24.9 Å². The monoisotopic (exact) mass is 262 g/mol. The molecule has 1 aromatic rings. The van der Waals surface area contributed by atoms with E-state index in [1.54, 1.807) is 0 Å². The zero-order chi connectivity index (χ0) is 13.9. The van der Waals surface area contributed by atoms with Crippen molar-refractivity contribution in [2.75, 3.05) is 33.2 Å². The molecule has 0 atom stereocenters. The highest BCUT2D eigenvalue weighted by atomic mass is 15.1. The second-order valence-corrected chi connectivity index (χ2v) is 5.84. The summed E-state index contributed by atoms with van der Waals surface area (Å²) in [5.74, 6) is 0.758. The maximum atomic E-state index is 3.50. The van der Waals surface area contributed by atoms with E-state index in [4.69, 9.17) is 0 Å². The van der Waals surface area contributed by atoms with E-state index in [0.717, 1.165) is 32.0 Å². The van der Waals surface area contributed by atoms with E-state index in [0.29, 0.717) is 0 Å². The first-order chi connectivity index (χ1) is 9.18. The van der Waals surface area contributed by atoms with Crippen LogP contribution in [0.15, 0.2) is 30.3 Å². The van der Waals surface area contributed by atoms with Crippen LogP contribution in [0.5, 0.6) is 0 Å². The Kier molecular flexibility index (Phi) is 8.52. The Balaban J connectivity index is 1.98. The van der Waals surface area contributed by atoms with Crippen molar-refractivity contribution < 1.29 is 0 Å². The van der Waals surface area contributed by atoms with Crippen LogP contribution in [0.1, 0.15) is 32.3 Å². The number of likely N-dealkylation sites (N-methyl/N-ethyl adjacent to an activating group) is 1. The highest BCUT2D eigenvalue weighted by molar-refractivity contribution is 5.14. The van der Waals surface area contributed by atoms with Crippen molar-refractivity contribution in [2.45, 2.75) is 33.1 Å². The zero-order valence-corrected chi connectivity index (χ0v) is 12.9. The summed E-state index contributed by atoms with van der Waals surface area (Å²) in [4.78, 5) is 2.44. The average Bonchev–Trinajstić information content (AvgIpc) is 2.41. The molecular formula is C17H30N2. The summed E-state index contributed by atoms with van der Waals surface area (Å²) >= 11 is 0. The molecule has 19 heavy (non-hydrogen) atoms. The van der Waals surface area contributed by atoms with Gasteiger partial charge >= 0.3 is 0 Å². The molecule has 0 saturated heterocycles. The predicted octanol–water partition coefficient (Wildman–Crippen LogP) is 3.19. The van der Waals surface area contributed by atoms with Gasteiger partial charge in [0.1, 0.15) is 0 Å². The van der Waals surface area contributed by atoms with E-state index in [2.05, 4.69) is 61.4 Å². The van der Waals surface area contributed by atoms with Gasteiger partial charge in [-0.05, 0) is 57.4 Å². The first kappa shape index (κ1) is 16.2. The first-order valence-corrected chi connectivity index (χ1v) is 7.61. The highest BCUT2D eigenvalue weighted by Gasteiger charge is 1.99. The largest absolute Gasteiger partial charge is 0.316 e. The molecule has 0 heterocycles. The van der Waals surface area contributed by atoms with Crippen LogP contribution in [0.25, 0.3) is 0 Å². The van der Waals surface area contributed by atoms with Crippen molar-refractivity contribution in [1.82, 2.24) is 10.2 Å². The van der Waals surface area contributed by atoms with Gasteiger partial charge in [-0.15, -0.1) is 0 Å². The average molecular weight is 262 g/mol. The summed E-state index contributed by atoms with van der Waals surface area (Å²) in [6, 6.07) is 10.7. The van der Waals surface area contributed by atoms with Gasteiger partial charge in [0.25, 0.3) is 0 Å². The summed E-state index contributed by atoms with van der Waals surface area (Å²) < 4.78 is 0. The molecule has 0 aliphatic carbocycles. The molecule has 2 heteroatoms. The molecule has 0 aromatic heterocycles. The van der Waals surface area contributed by atoms with Crippen molar-refractivity contribution in [3.05, 3.63) is 35.9 Å². The minimum Gasteiger partial charge on any atom is -0.316 e. The van der Waals surface area contributed by atoms with Gasteiger partial charge in [0, 0.05) is 6.54 Å². The number of nitrogens with zero attached hydrogens (tertiary/aromatic N) is 1. The van der Waals surface area contributed by atoms with Crippen LogP contribution in [-0.2, 0) is 6.42 Å². The quantitative estimate of drug-likeness (QED) is 0.652. The Morgan fingerprint density at radius 1 is 1.05 bits per heavy atom. The number of hydrogen-bond donors (Lipinski definition) is 1. The number of benzene rings is 1. The fraction of sp³-hybridized carbons (Fsp3) is 0.647. The van der Waals surface area contributed by atoms with E-state index < -0.39 is 0 Å². The number of rotatable bonds is 10. The SMILES string of the molecule is CC(C)CNCCCCN(C)CCc1ccccc1. The van der Waals surface area contributed by atoms with Gasteiger partial charge in [0.15, 0.2) is 0 Å². The lowest BCUT2D eigenvalue weighted by atomic mass is 10.1. The molecule has 0 saturated carbocycles. The van der Waals surface area contributed by atoms with Crippen LogP contribution in [0.2, 0.25) is 0 Å². The lowest BCUT2D eigenvalue weighted by molar-refractivity contribution is 0.328. The van der Waals surface area contributed by atoms with Gasteiger partial charge in [-0.2, -0.15) is 0 Å². The molecule has 108 valence electrons. The maximum Gasteiger partial charge on any atom is 0.00188 e. The summed E-state index contributed by atoms with van der Waals surface area (Å²) in [6.45, 7) is 9.17. The molecule has 2 nitrogen and oxygen atoms in total. The molecule has 0 aliphatic heterocycles. The van der Waals surface area contributed by atoms with E-state index in [-0.39, 0.29) is 0 Å². The molecule has 0 fully saturated rings. The molecular weight excluding hydrogens is 232 g/mol. The van der Waals surface area contributed by atoms with Crippen LogP contribution < -0.4 is 5.32 Å². The van der Waals surface area contributed by atoms with Crippen LogP contribution >= 0.6 is 0 Å². The second kappa shape index (κ2) is 9.99. The van der Waals surface area contributed by atoms with Crippen LogP contribution in [0, 0.1) is 5.92 Å². The third-order valence-electron chi connectivity index (χ3n) is 3.32. The Hall–Kier alpha value is -0.860. The van der Waals surface area contributed by atoms with Crippen LogP contribution in [0.4, 0.5) is 0 Å². The maximum absolute atomic E-state index is 3.50. The minimum absolute atomic E-state index is 0.758.